The molecule has 21 heavy (non-hydrogen) atoms. The zero-order chi connectivity index (χ0) is 15.0. The van der Waals surface area contributed by atoms with Crippen molar-refractivity contribution in [3.05, 3.63) is 51.2 Å². The van der Waals surface area contributed by atoms with Gasteiger partial charge in [0.15, 0.2) is 0 Å². The Bertz CT molecular complexity index is 677. The minimum Gasteiger partial charge on any atom is -0.315 e. The molecule has 0 saturated carbocycles. The minimum absolute atomic E-state index is 0.174. The third-order valence-corrected chi connectivity index (χ3v) is 5.41. The second-order valence-corrected chi connectivity index (χ2v) is 6.60. The third-order valence-electron chi connectivity index (χ3n) is 4.12. The van der Waals surface area contributed by atoms with E-state index in [-0.39, 0.29) is 11.9 Å². The van der Waals surface area contributed by atoms with Crippen molar-refractivity contribution in [2.45, 2.75) is 25.8 Å². The van der Waals surface area contributed by atoms with Crippen molar-refractivity contribution in [2.24, 2.45) is 0 Å². The number of amides is 1. The molecule has 1 unspecified atom stereocenters. The first-order chi connectivity index (χ1) is 10.1. The van der Waals surface area contributed by atoms with Gasteiger partial charge in [0.05, 0.1) is 12.5 Å². The van der Waals surface area contributed by atoms with Gasteiger partial charge in [-0.1, -0.05) is 19.1 Å². The Balaban J connectivity index is 1.95. The summed E-state index contributed by atoms with van der Waals surface area (Å²) < 4.78 is 0. The van der Waals surface area contributed by atoms with Crippen LogP contribution in [0.5, 0.6) is 0 Å². The van der Waals surface area contributed by atoms with Crippen LogP contribution in [0.3, 0.4) is 0 Å². The lowest BCUT2D eigenvalue weighted by Gasteiger charge is -2.17. The van der Waals surface area contributed by atoms with E-state index in [0.29, 0.717) is 6.42 Å². The lowest BCUT2D eigenvalue weighted by Crippen LogP contribution is -2.20. The second kappa shape index (κ2) is 5.62. The summed E-state index contributed by atoms with van der Waals surface area (Å²) in [5, 5.41) is 3.40. The Hall–Kier alpha value is -1.65. The van der Waals surface area contributed by atoms with Gasteiger partial charge < -0.3 is 10.2 Å². The maximum Gasteiger partial charge on any atom is 0.231 e. The number of hydrogen-bond acceptors (Lipinski definition) is 3. The molecule has 1 aromatic heterocycles. The second-order valence-electron chi connectivity index (χ2n) is 5.40. The van der Waals surface area contributed by atoms with Crippen molar-refractivity contribution in [1.82, 2.24) is 5.32 Å². The molecule has 0 saturated heterocycles. The van der Waals surface area contributed by atoms with Crippen LogP contribution in [0.15, 0.2) is 30.3 Å². The van der Waals surface area contributed by atoms with E-state index in [1.54, 1.807) is 4.90 Å². The minimum atomic E-state index is 0.174. The summed E-state index contributed by atoms with van der Waals surface area (Å²) >= 11 is 1.85. The van der Waals surface area contributed by atoms with Crippen LogP contribution in [0.2, 0.25) is 0 Å². The highest BCUT2D eigenvalue weighted by Gasteiger charge is 2.25. The van der Waals surface area contributed by atoms with Gasteiger partial charge in [0.2, 0.25) is 5.91 Å². The largest absolute Gasteiger partial charge is 0.315 e. The number of fused-ring (bicyclic) bond motifs is 1. The predicted molar refractivity (Wildman–Crippen MR) is 88.2 cm³/mol. The molecule has 0 fully saturated rings. The first-order valence-electron chi connectivity index (χ1n) is 7.29. The highest BCUT2D eigenvalue weighted by molar-refractivity contribution is 7.12. The number of anilines is 1. The number of hydrogen-bond donors (Lipinski definition) is 1. The molecule has 1 N–H and O–H groups in total. The average Bonchev–Trinajstić information content (AvgIpc) is 3.06. The normalized spacial score (nSPS) is 15.4. The summed E-state index contributed by atoms with van der Waals surface area (Å²) in [6, 6.07) is 11.0. The SMILES string of the molecule is CCc1ccc(C(NC)c2ccc3c(c2)CC(=O)N3C)s1. The van der Waals surface area contributed by atoms with Crippen molar-refractivity contribution < 1.29 is 4.79 Å². The number of benzene rings is 1. The Morgan fingerprint density at radius 2 is 2.14 bits per heavy atom. The number of carbonyl (C=O) groups is 1. The van der Waals surface area contributed by atoms with Crippen LogP contribution in [0, 0.1) is 0 Å². The highest BCUT2D eigenvalue weighted by atomic mass is 32.1. The molecule has 0 radical (unpaired) electrons. The molecule has 2 aromatic rings. The summed E-state index contributed by atoms with van der Waals surface area (Å²) in [7, 11) is 3.83. The predicted octanol–water partition coefficient (Wildman–Crippen LogP) is 3.14. The molecule has 0 spiro atoms. The van der Waals surface area contributed by atoms with E-state index < -0.39 is 0 Å². The standard InChI is InChI=1S/C17H20N2OS/c1-4-13-6-8-15(21-13)17(18-2)11-5-7-14-12(9-11)10-16(20)19(14)3/h5-9,17-18H,4,10H2,1-3H3. The first-order valence-corrected chi connectivity index (χ1v) is 8.11. The zero-order valence-electron chi connectivity index (χ0n) is 12.6. The highest BCUT2D eigenvalue weighted by Crippen LogP contribution is 2.34. The van der Waals surface area contributed by atoms with E-state index in [2.05, 4.69) is 42.6 Å². The van der Waals surface area contributed by atoms with Gasteiger partial charge in [0.1, 0.15) is 0 Å². The summed E-state index contributed by atoms with van der Waals surface area (Å²) in [5.41, 5.74) is 3.40. The molecular weight excluding hydrogens is 280 g/mol. The topological polar surface area (TPSA) is 32.3 Å². The molecule has 1 atom stereocenters. The van der Waals surface area contributed by atoms with Gasteiger partial charge in [-0.3, -0.25) is 4.79 Å². The van der Waals surface area contributed by atoms with Crippen molar-refractivity contribution in [2.75, 3.05) is 19.0 Å². The molecule has 4 heteroatoms. The molecule has 0 bridgehead atoms. The summed E-state index contributed by atoms with van der Waals surface area (Å²) in [5.74, 6) is 0.174. The molecule has 2 heterocycles. The van der Waals surface area contributed by atoms with Crippen molar-refractivity contribution in [3.63, 3.8) is 0 Å². The lowest BCUT2D eigenvalue weighted by atomic mass is 10.0. The van der Waals surface area contributed by atoms with Crippen LogP contribution >= 0.6 is 11.3 Å². The van der Waals surface area contributed by atoms with Crippen molar-refractivity contribution in [3.8, 4) is 0 Å². The Kier molecular flexibility index (Phi) is 3.83. The fourth-order valence-electron chi connectivity index (χ4n) is 2.88. The number of thiophene rings is 1. The van der Waals surface area contributed by atoms with Crippen LogP contribution in [0.4, 0.5) is 5.69 Å². The molecular formula is C17H20N2OS. The molecule has 1 aromatic carbocycles. The number of nitrogens with one attached hydrogen (secondary N) is 1. The summed E-state index contributed by atoms with van der Waals surface area (Å²) in [6.07, 6.45) is 1.59. The number of likely N-dealkylation sites (N-methyl/N-ethyl adjacent to an activating group) is 1. The van der Waals surface area contributed by atoms with E-state index >= 15 is 0 Å². The van der Waals surface area contributed by atoms with Gasteiger partial charge in [0.25, 0.3) is 0 Å². The van der Waals surface area contributed by atoms with Crippen molar-refractivity contribution in [1.29, 1.82) is 0 Å². The van der Waals surface area contributed by atoms with Gasteiger partial charge in [-0.25, -0.2) is 0 Å². The van der Waals surface area contributed by atoms with Gasteiger partial charge in [-0.2, -0.15) is 0 Å². The number of aryl methyl sites for hydroxylation is 1. The molecule has 1 aliphatic rings. The van der Waals surface area contributed by atoms with Gasteiger partial charge >= 0.3 is 0 Å². The van der Waals surface area contributed by atoms with Gasteiger partial charge in [0, 0.05) is 22.5 Å². The zero-order valence-corrected chi connectivity index (χ0v) is 13.5. The lowest BCUT2D eigenvalue weighted by molar-refractivity contribution is -0.117. The number of carbonyl (C=O) groups excluding carboxylic acids is 1. The average molecular weight is 300 g/mol. The summed E-state index contributed by atoms with van der Waals surface area (Å²) in [6.45, 7) is 2.18. The third kappa shape index (κ3) is 2.49. The van der Waals surface area contributed by atoms with Crippen LogP contribution < -0.4 is 10.2 Å². The number of rotatable bonds is 4. The van der Waals surface area contributed by atoms with E-state index in [1.807, 2.05) is 25.4 Å². The van der Waals surface area contributed by atoms with E-state index in [9.17, 15) is 4.79 Å². The molecule has 1 amide bonds. The van der Waals surface area contributed by atoms with E-state index in [4.69, 9.17) is 0 Å². The van der Waals surface area contributed by atoms with E-state index in [0.717, 1.165) is 17.7 Å². The monoisotopic (exact) mass is 300 g/mol. The van der Waals surface area contributed by atoms with Crippen LogP contribution in [-0.4, -0.2) is 20.0 Å². The molecule has 110 valence electrons. The first kappa shape index (κ1) is 14.3. The smallest absolute Gasteiger partial charge is 0.231 e. The molecule has 0 aliphatic carbocycles. The van der Waals surface area contributed by atoms with Crippen LogP contribution in [0.1, 0.15) is 33.8 Å². The van der Waals surface area contributed by atoms with Crippen LogP contribution in [-0.2, 0) is 17.6 Å². The Morgan fingerprint density at radius 3 is 2.81 bits per heavy atom. The molecule has 3 nitrogen and oxygen atoms in total. The van der Waals surface area contributed by atoms with E-state index in [1.165, 1.54) is 15.3 Å². The maximum absolute atomic E-state index is 11.8. The van der Waals surface area contributed by atoms with Crippen molar-refractivity contribution >= 4 is 22.9 Å². The van der Waals surface area contributed by atoms with Gasteiger partial charge in [-0.15, -0.1) is 11.3 Å². The maximum atomic E-state index is 11.8. The fourth-order valence-corrected chi connectivity index (χ4v) is 3.97. The Labute approximate surface area is 129 Å². The van der Waals surface area contributed by atoms with Gasteiger partial charge in [-0.05, 0) is 42.8 Å². The molecule has 3 rings (SSSR count). The quantitative estimate of drug-likeness (QED) is 0.941. The molecule has 1 aliphatic heterocycles. The number of nitrogens with zero attached hydrogens (tertiary/aromatic N) is 1. The van der Waals surface area contributed by atoms with Crippen LogP contribution in [0.25, 0.3) is 0 Å². The fraction of sp³-hybridized carbons (Fsp3) is 0.353. The Morgan fingerprint density at radius 1 is 1.33 bits per heavy atom. The summed E-state index contributed by atoms with van der Waals surface area (Å²) in [4.78, 5) is 16.3.